The second-order valence-electron chi connectivity index (χ2n) is 6.76. The largest absolute Gasteiger partial charge is 0.469 e. The van der Waals surface area contributed by atoms with Gasteiger partial charge in [0.25, 0.3) is 0 Å². The van der Waals surface area contributed by atoms with E-state index in [-0.39, 0.29) is 34.6 Å². The first kappa shape index (κ1) is 9.82. The van der Waals surface area contributed by atoms with Gasteiger partial charge in [-0.25, -0.2) is 0 Å². The molecular weight excluding hydrogens is 232 g/mol. The summed E-state index contributed by atoms with van der Waals surface area (Å²) < 4.78 is 10.1. The van der Waals surface area contributed by atoms with Crippen LogP contribution in [0, 0.1) is 46.3 Å². The zero-order valence-electron chi connectivity index (χ0n) is 10.5. The van der Waals surface area contributed by atoms with E-state index in [0.717, 1.165) is 6.42 Å². The molecule has 6 fully saturated rings. The van der Waals surface area contributed by atoms with Crippen LogP contribution in [0.3, 0.4) is 0 Å². The Bertz CT molecular complexity index is 510. The third-order valence-electron chi connectivity index (χ3n) is 7.27. The van der Waals surface area contributed by atoms with Crippen LogP contribution in [0.25, 0.3) is 0 Å². The zero-order valence-corrected chi connectivity index (χ0v) is 10.5. The molecule has 0 aromatic heterocycles. The highest BCUT2D eigenvalue weighted by Gasteiger charge is 3.05. The van der Waals surface area contributed by atoms with Gasteiger partial charge in [0.05, 0.1) is 25.0 Å². The first-order valence-corrected chi connectivity index (χ1v) is 6.85. The normalized spacial score (nSPS) is 63.4. The molecule has 4 nitrogen and oxygen atoms in total. The molecule has 96 valence electrons. The van der Waals surface area contributed by atoms with E-state index >= 15 is 0 Å². The van der Waals surface area contributed by atoms with E-state index in [1.54, 1.807) is 0 Å². The molecule has 0 saturated heterocycles. The van der Waals surface area contributed by atoms with Gasteiger partial charge in [-0.3, -0.25) is 9.59 Å². The Hall–Kier alpha value is -1.06. The molecule has 18 heavy (non-hydrogen) atoms. The van der Waals surface area contributed by atoms with Crippen molar-refractivity contribution in [2.24, 2.45) is 46.3 Å². The second-order valence-corrected chi connectivity index (χ2v) is 6.76. The van der Waals surface area contributed by atoms with Gasteiger partial charge in [-0.15, -0.1) is 0 Å². The average molecular weight is 248 g/mol. The van der Waals surface area contributed by atoms with Gasteiger partial charge < -0.3 is 9.47 Å². The number of hydrogen-bond acceptors (Lipinski definition) is 4. The molecule has 6 aliphatic rings. The minimum absolute atomic E-state index is 0.0545. The predicted molar refractivity (Wildman–Crippen MR) is 59.1 cm³/mol. The van der Waals surface area contributed by atoms with Gasteiger partial charge in [0.2, 0.25) is 0 Å². The fourth-order valence-electron chi connectivity index (χ4n) is 7.42. The fourth-order valence-corrected chi connectivity index (χ4v) is 7.42. The smallest absolute Gasteiger partial charge is 0.312 e. The van der Waals surface area contributed by atoms with Crippen LogP contribution in [0.4, 0.5) is 0 Å². The van der Waals surface area contributed by atoms with Crippen molar-refractivity contribution in [3.05, 3.63) is 0 Å². The molecule has 0 aliphatic heterocycles. The number of carbonyl (C=O) groups is 2. The number of rotatable bonds is 2. The van der Waals surface area contributed by atoms with Crippen molar-refractivity contribution in [2.75, 3.05) is 14.2 Å². The SMILES string of the molecule is COC(=O)[C@@]12[C@@H]3[C@@H]4CC[C@H]5[C@H]3[C@H]1[C@@]5(C(=O)OC)[C@@H]42. The lowest BCUT2D eigenvalue weighted by atomic mass is 9.01. The summed E-state index contributed by atoms with van der Waals surface area (Å²) in [5.41, 5.74) is -0.555. The molecular formula is C14H16O4. The van der Waals surface area contributed by atoms with E-state index in [1.807, 2.05) is 0 Å². The highest BCUT2D eigenvalue weighted by Crippen LogP contribution is 3.02. The van der Waals surface area contributed by atoms with Gasteiger partial charge in [-0.05, 0) is 48.3 Å². The van der Waals surface area contributed by atoms with Gasteiger partial charge in [-0.2, -0.15) is 0 Å². The minimum atomic E-state index is -0.286. The minimum Gasteiger partial charge on any atom is -0.469 e. The van der Waals surface area contributed by atoms with E-state index in [0.29, 0.717) is 23.7 Å². The fraction of sp³-hybridized carbons (Fsp3) is 0.857. The highest BCUT2D eigenvalue weighted by atomic mass is 16.5. The first-order valence-electron chi connectivity index (χ1n) is 6.85. The topological polar surface area (TPSA) is 52.6 Å². The van der Waals surface area contributed by atoms with Gasteiger partial charge in [0, 0.05) is 0 Å². The van der Waals surface area contributed by atoms with Crippen molar-refractivity contribution in [1.29, 1.82) is 0 Å². The lowest BCUT2D eigenvalue weighted by Crippen LogP contribution is -3.02. The third kappa shape index (κ3) is 0.503. The van der Waals surface area contributed by atoms with Crippen molar-refractivity contribution in [3.63, 3.8) is 0 Å². The summed E-state index contributed by atoms with van der Waals surface area (Å²) in [6, 6.07) is 0. The summed E-state index contributed by atoms with van der Waals surface area (Å²) in [6.45, 7) is 0. The molecule has 6 aliphatic carbocycles. The molecule has 0 aromatic rings. The van der Waals surface area contributed by atoms with Gasteiger partial charge in [0.15, 0.2) is 0 Å². The van der Waals surface area contributed by atoms with Crippen molar-refractivity contribution >= 4 is 11.9 Å². The Labute approximate surface area is 105 Å². The maximum absolute atomic E-state index is 12.2. The molecule has 0 amide bonds. The van der Waals surface area contributed by atoms with Crippen LogP contribution in [-0.2, 0) is 19.1 Å². The lowest BCUT2D eigenvalue weighted by Gasteiger charge is -2.99. The molecule has 0 heterocycles. The molecule has 0 aromatic carbocycles. The Balaban J connectivity index is 1.64. The van der Waals surface area contributed by atoms with E-state index in [9.17, 15) is 9.59 Å². The van der Waals surface area contributed by atoms with Crippen LogP contribution in [0.2, 0.25) is 0 Å². The Morgan fingerprint density at radius 2 is 1.67 bits per heavy atom. The van der Waals surface area contributed by atoms with Crippen LogP contribution >= 0.6 is 0 Å². The molecule has 6 rings (SSSR count). The van der Waals surface area contributed by atoms with Gasteiger partial charge >= 0.3 is 11.9 Å². The van der Waals surface area contributed by atoms with E-state index < -0.39 is 0 Å². The Kier molecular flexibility index (Phi) is 1.28. The zero-order chi connectivity index (χ0) is 12.4. The Morgan fingerprint density at radius 3 is 2.28 bits per heavy atom. The standard InChI is InChI=1S/C14H16O4/c1-17-11(15)13-6-4-3-5-8-7(6)10(13)14(8,9(5)13)12(16)18-2/h5-10H,3-4H2,1-2H3/t5-,6-,7+,8+,9+,10-,13-,14+/m0/s1. The van der Waals surface area contributed by atoms with Crippen LogP contribution in [0.1, 0.15) is 12.8 Å². The lowest BCUT2D eigenvalue weighted by molar-refractivity contribution is -0.532. The monoisotopic (exact) mass is 248 g/mol. The van der Waals surface area contributed by atoms with Crippen molar-refractivity contribution in [1.82, 2.24) is 0 Å². The van der Waals surface area contributed by atoms with Gasteiger partial charge in [-0.1, -0.05) is 0 Å². The summed E-state index contributed by atoms with van der Waals surface area (Å²) in [5.74, 6) is 2.61. The molecule has 6 saturated carbocycles. The second kappa shape index (κ2) is 2.35. The molecule has 0 unspecified atom stereocenters. The summed E-state index contributed by atoms with van der Waals surface area (Å²) >= 11 is 0. The molecule has 0 N–H and O–H groups in total. The maximum atomic E-state index is 12.2. The van der Waals surface area contributed by atoms with Crippen molar-refractivity contribution in [2.45, 2.75) is 12.8 Å². The van der Waals surface area contributed by atoms with Crippen molar-refractivity contribution < 1.29 is 19.1 Å². The van der Waals surface area contributed by atoms with Crippen LogP contribution in [0.15, 0.2) is 0 Å². The molecule has 8 atom stereocenters. The first-order chi connectivity index (χ1) is 8.68. The quantitative estimate of drug-likeness (QED) is 0.680. The predicted octanol–water partition coefficient (Wildman–Crippen LogP) is 0.851. The summed E-state index contributed by atoms with van der Waals surface area (Å²) in [5, 5.41) is 0. The third-order valence-corrected chi connectivity index (χ3v) is 7.27. The summed E-state index contributed by atoms with van der Waals surface area (Å²) in [7, 11) is 2.95. The highest BCUT2D eigenvalue weighted by molar-refractivity contribution is 5.95. The number of carbonyl (C=O) groups excluding carboxylic acids is 2. The summed E-state index contributed by atoms with van der Waals surface area (Å²) in [4.78, 5) is 24.4. The molecule has 0 radical (unpaired) electrons. The maximum Gasteiger partial charge on any atom is 0.312 e. The summed E-state index contributed by atoms with van der Waals surface area (Å²) in [6.07, 6.45) is 2.35. The number of fused-ring (bicyclic) bond motifs is 1. The molecule has 0 spiro atoms. The van der Waals surface area contributed by atoms with Crippen molar-refractivity contribution in [3.8, 4) is 0 Å². The van der Waals surface area contributed by atoms with Gasteiger partial charge in [0.1, 0.15) is 0 Å². The van der Waals surface area contributed by atoms with E-state index in [1.165, 1.54) is 20.6 Å². The number of ether oxygens (including phenoxy) is 2. The van der Waals surface area contributed by atoms with Crippen LogP contribution < -0.4 is 0 Å². The number of hydrogen-bond donors (Lipinski definition) is 0. The average Bonchev–Trinajstić information content (AvgIpc) is 2.36. The number of methoxy groups -OCH3 is 2. The van der Waals surface area contributed by atoms with Crippen LogP contribution in [0.5, 0.6) is 0 Å². The Morgan fingerprint density at radius 1 is 1.00 bits per heavy atom. The van der Waals surface area contributed by atoms with E-state index in [2.05, 4.69) is 0 Å². The molecule has 4 heteroatoms. The number of esters is 2. The van der Waals surface area contributed by atoms with E-state index in [4.69, 9.17) is 9.47 Å². The van der Waals surface area contributed by atoms with Crippen LogP contribution in [-0.4, -0.2) is 26.2 Å². The molecule has 2 bridgehead atoms.